The fourth-order valence-electron chi connectivity index (χ4n) is 2.35. The second kappa shape index (κ2) is 5.96. The molecule has 1 N–H and O–H groups in total. The first-order chi connectivity index (χ1) is 8.63. The number of carbonyl (C=O) groups is 1. The average molecular weight is 250 g/mol. The summed E-state index contributed by atoms with van der Waals surface area (Å²) in [7, 11) is 2.07. The zero-order chi connectivity index (χ0) is 13.0. The van der Waals surface area contributed by atoms with Crippen molar-refractivity contribution >= 4 is 5.91 Å². The third kappa shape index (κ3) is 3.81. The fraction of sp³-hybridized carbons (Fsp3) is 0.500. The molecule has 1 saturated heterocycles. The van der Waals surface area contributed by atoms with Gasteiger partial charge in [0.1, 0.15) is 5.82 Å². The van der Waals surface area contributed by atoms with Crippen molar-refractivity contribution in [2.24, 2.45) is 0 Å². The Kier molecular flexibility index (Phi) is 4.31. The van der Waals surface area contributed by atoms with E-state index in [1.165, 1.54) is 12.1 Å². The highest BCUT2D eigenvalue weighted by molar-refractivity contribution is 5.78. The number of benzene rings is 1. The molecular weight excluding hydrogens is 231 g/mol. The van der Waals surface area contributed by atoms with E-state index in [1.807, 2.05) is 0 Å². The van der Waals surface area contributed by atoms with Crippen LogP contribution in [-0.2, 0) is 11.2 Å². The predicted octanol–water partition coefficient (Wildman–Crippen LogP) is 1.58. The number of likely N-dealkylation sites (tertiary alicyclic amines) is 1. The number of carbonyl (C=O) groups excluding carboxylic acids is 1. The van der Waals surface area contributed by atoms with Crippen LogP contribution in [0.25, 0.3) is 0 Å². The van der Waals surface area contributed by atoms with Crippen LogP contribution in [0.3, 0.4) is 0 Å². The third-order valence-corrected chi connectivity index (χ3v) is 3.27. The minimum atomic E-state index is -0.270. The van der Waals surface area contributed by atoms with Gasteiger partial charge in [-0.25, -0.2) is 4.39 Å². The number of nitrogens with zero attached hydrogens (tertiary/aromatic N) is 1. The van der Waals surface area contributed by atoms with Gasteiger partial charge in [-0.3, -0.25) is 4.79 Å². The van der Waals surface area contributed by atoms with Crippen LogP contribution in [0.5, 0.6) is 0 Å². The summed E-state index contributed by atoms with van der Waals surface area (Å²) >= 11 is 0. The first kappa shape index (κ1) is 13.0. The lowest BCUT2D eigenvalue weighted by molar-refractivity contribution is -0.121. The van der Waals surface area contributed by atoms with E-state index in [9.17, 15) is 9.18 Å². The van der Waals surface area contributed by atoms with Crippen LogP contribution in [0.2, 0.25) is 0 Å². The SMILES string of the molecule is CN1CCCC(NC(=O)Cc2ccc(F)cc2)C1. The second-order valence-electron chi connectivity index (χ2n) is 4.97. The highest BCUT2D eigenvalue weighted by Gasteiger charge is 2.18. The number of hydrogen-bond acceptors (Lipinski definition) is 2. The molecule has 1 aliphatic heterocycles. The Morgan fingerprint density at radius 2 is 2.17 bits per heavy atom. The van der Waals surface area contributed by atoms with Crippen molar-refractivity contribution in [2.45, 2.75) is 25.3 Å². The molecule has 0 bridgehead atoms. The number of nitrogens with one attached hydrogen (secondary N) is 1. The molecule has 18 heavy (non-hydrogen) atoms. The topological polar surface area (TPSA) is 32.3 Å². The standard InChI is InChI=1S/C14H19FN2O/c1-17-8-2-3-13(10-17)16-14(18)9-11-4-6-12(15)7-5-11/h4-7,13H,2-3,8-10H2,1H3,(H,16,18). The summed E-state index contributed by atoms with van der Waals surface area (Å²) in [5.41, 5.74) is 0.845. The summed E-state index contributed by atoms with van der Waals surface area (Å²) in [4.78, 5) is 14.1. The van der Waals surface area contributed by atoms with Gasteiger partial charge >= 0.3 is 0 Å². The number of piperidine rings is 1. The molecule has 1 aromatic carbocycles. The molecule has 1 heterocycles. The Hall–Kier alpha value is -1.42. The van der Waals surface area contributed by atoms with Gasteiger partial charge < -0.3 is 10.2 Å². The van der Waals surface area contributed by atoms with Crippen molar-refractivity contribution in [1.82, 2.24) is 10.2 Å². The smallest absolute Gasteiger partial charge is 0.224 e. The molecule has 0 saturated carbocycles. The molecule has 4 heteroatoms. The maximum Gasteiger partial charge on any atom is 0.224 e. The van der Waals surface area contributed by atoms with Crippen LogP contribution in [0.15, 0.2) is 24.3 Å². The van der Waals surface area contributed by atoms with E-state index in [2.05, 4.69) is 17.3 Å². The quantitative estimate of drug-likeness (QED) is 0.883. The van der Waals surface area contributed by atoms with Crippen molar-refractivity contribution in [2.75, 3.05) is 20.1 Å². The molecule has 3 nitrogen and oxygen atoms in total. The molecule has 1 amide bonds. The van der Waals surface area contributed by atoms with Gasteiger partial charge in [-0.2, -0.15) is 0 Å². The fourth-order valence-corrected chi connectivity index (χ4v) is 2.35. The van der Waals surface area contributed by atoms with Gasteiger partial charge in [0.2, 0.25) is 5.91 Å². The molecule has 1 aliphatic rings. The Balaban J connectivity index is 1.83. The van der Waals surface area contributed by atoms with Gasteiger partial charge in [-0.05, 0) is 44.1 Å². The van der Waals surface area contributed by atoms with E-state index >= 15 is 0 Å². The summed E-state index contributed by atoms with van der Waals surface area (Å²) in [5.74, 6) is -0.255. The van der Waals surface area contributed by atoms with Crippen LogP contribution in [-0.4, -0.2) is 37.0 Å². The van der Waals surface area contributed by atoms with Crippen molar-refractivity contribution in [1.29, 1.82) is 0 Å². The Morgan fingerprint density at radius 1 is 1.44 bits per heavy atom. The van der Waals surface area contributed by atoms with E-state index < -0.39 is 0 Å². The summed E-state index contributed by atoms with van der Waals surface area (Å²) < 4.78 is 12.7. The van der Waals surface area contributed by atoms with Crippen molar-refractivity contribution < 1.29 is 9.18 Å². The molecule has 0 spiro atoms. The molecule has 1 aromatic rings. The summed E-state index contributed by atoms with van der Waals surface area (Å²) in [6, 6.07) is 6.33. The van der Waals surface area contributed by atoms with E-state index in [0.29, 0.717) is 6.42 Å². The van der Waals surface area contributed by atoms with Crippen molar-refractivity contribution in [3.63, 3.8) is 0 Å². The van der Waals surface area contributed by atoms with E-state index in [4.69, 9.17) is 0 Å². The summed E-state index contributed by atoms with van der Waals surface area (Å²) in [6.45, 7) is 2.01. The Morgan fingerprint density at radius 3 is 2.83 bits per heavy atom. The van der Waals surface area contributed by atoms with Gasteiger partial charge in [0.05, 0.1) is 6.42 Å². The molecule has 2 rings (SSSR count). The minimum Gasteiger partial charge on any atom is -0.352 e. The number of rotatable bonds is 3. The lowest BCUT2D eigenvalue weighted by Gasteiger charge is -2.30. The second-order valence-corrected chi connectivity index (χ2v) is 4.97. The number of halogens is 1. The van der Waals surface area contributed by atoms with Crippen LogP contribution in [0.4, 0.5) is 4.39 Å². The number of likely N-dealkylation sites (N-methyl/N-ethyl adjacent to an activating group) is 1. The van der Waals surface area contributed by atoms with Gasteiger partial charge in [0, 0.05) is 12.6 Å². The molecule has 1 atom stereocenters. The van der Waals surface area contributed by atoms with Gasteiger partial charge in [0.15, 0.2) is 0 Å². The molecule has 0 aliphatic carbocycles. The summed E-state index contributed by atoms with van der Waals surface area (Å²) in [6.07, 6.45) is 2.48. The Labute approximate surface area is 107 Å². The maximum absolute atomic E-state index is 12.7. The molecule has 0 radical (unpaired) electrons. The molecule has 1 fully saturated rings. The molecule has 1 unspecified atom stereocenters. The molecule has 0 aromatic heterocycles. The van der Waals surface area contributed by atoms with E-state index in [0.717, 1.165) is 31.5 Å². The Bertz CT molecular complexity index is 405. The van der Waals surface area contributed by atoms with Crippen LogP contribution in [0, 0.1) is 5.82 Å². The van der Waals surface area contributed by atoms with Crippen LogP contribution < -0.4 is 5.32 Å². The van der Waals surface area contributed by atoms with Gasteiger partial charge in [-0.1, -0.05) is 12.1 Å². The highest BCUT2D eigenvalue weighted by atomic mass is 19.1. The average Bonchev–Trinajstić information content (AvgIpc) is 2.32. The maximum atomic E-state index is 12.7. The third-order valence-electron chi connectivity index (χ3n) is 3.27. The monoisotopic (exact) mass is 250 g/mol. The molecular formula is C14H19FN2O. The molecule has 98 valence electrons. The van der Waals surface area contributed by atoms with Crippen molar-refractivity contribution in [3.05, 3.63) is 35.6 Å². The first-order valence-corrected chi connectivity index (χ1v) is 6.36. The predicted molar refractivity (Wildman–Crippen MR) is 68.8 cm³/mol. The lowest BCUT2D eigenvalue weighted by Crippen LogP contribution is -2.46. The number of amides is 1. The normalized spacial score (nSPS) is 20.7. The first-order valence-electron chi connectivity index (χ1n) is 6.36. The zero-order valence-corrected chi connectivity index (χ0v) is 10.7. The van der Waals surface area contributed by atoms with E-state index in [1.54, 1.807) is 12.1 Å². The van der Waals surface area contributed by atoms with Crippen LogP contribution >= 0.6 is 0 Å². The van der Waals surface area contributed by atoms with Gasteiger partial charge in [-0.15, -0.1) is 0 Å². The highest BCUT2D eigenvalue weighted by Crippen LogP contribution is 2.09. The zero-order valence-electron chi connectivity index (χ0n) is 10.7. The summed E-state index contributed by atoms with van der Waals surface area (Å²) in [5, 5.41) is 3.04. The minimum absolute atomic E-state index is 0.0157. The van der Waals surface area contributed by atoms with Crippen molar-refractivity contribution in [3.8, 4) is 0 Å². The van der Waals surface area contributed by atoms with Gasteiger partial charge in [0.25, 0.3) is 0 Å². The van der Waals surface area contributed by atoms with E-state index in [-0.39, 0.29) is 17.8 Å². The lowest BCUT2D eigenvalue weighted by atomic mass is 10.1. The largest absolute Gasteiger partial charge is 0.352 e. The van der Waals surface area contributed by atoms with Crippen LogP contribution in [0.1, 0.15) is 18.4 Å². The number of hydrogen-bond donors (Lipinski definition) is 1.